The van der Waals surface area contributed by atoms with Gasteiger partial charge in [0.1, 0.15) is 5.82 Å². The Balaban J connectivity index is 2.48. The third kappa shape index (κ3) is 2.47. The Bertz CT molecular complexity index is 556. The van der Waals surface area contributed by atoms with Crippen molar-refractivity contribution in [1.82, 2.24) is 10.4 Å². The van der Waals surface area contributed by atoms with E-state index in [1.807, 2.05) is 13.0 Å². The van der Waals surface area contributed by atoms with Crippen LogP contribution in [0.25, 0.3) is 0 Å². The van der Waals surface area contributed by atoms with Crippen molar-refractivity contribution in [3.8, 4) is 0 Å². The van der Waals surface area contributed by atoms with E-state index in [9.17, 15) is 4.39 Å². The number of aromatic nitrogens is 1. The van der Waals surface area contributed by atoms with E-state index in [1.54, 1.807) is 12.4 Å². The number of nitrogens with two attached hydrogens (primary N) is 2. The number of halogens is 1. The van der Waals surface area contributed by atoms with Gasteiger partial charge in [0.05, 0.1) is 6.04 Å². The van der Waals surface area contributed by atoms with Crippen LogP contribution in [0, 0.1) is 12.7 Å². The molecule has 5 N–H and O–H groups in total. The van der Waals surface area contributed by atoms with Gasteiger partial charge in [-0.2, -0.15) is 0 Å². The van der Waals surface area contributed by atoms with Crippen LogP contribution in [0.1, 0.15) is 22.7 Å². The molecule has 18 heavy (non-hydrogen) atoms. The fourth-order valence-electron chi connectivity index (χ4n) is 1.90. The van der Waals surface area contributed by atoms with E-state index in [-0.39, 0.29) is 11.9 Å². The Morgan fingerprint density at radius 3 is 2.72 bits per heavy atom. The van der Waals surface area contributed by atoms with E-state index >= 15 is 0 Å². The van der Waals surface area contributed by atoms with Gasteiger partial charge in [-0.3, -0.25) is 10.8 Å². The summed E-state index contributed by atoms with van der Waals surface area (Å²) in [6.07, 6.45) is 3.42. The maximum Gasteiger partial charge on any atom is 0.123 e. The summed E-state index contributed by atoms with van der Waals surface area (Å²) < 4.78 is 13.3. The summed E-state index contributed by atoms with van der Waals surface area (Å²) in [5, 5.41) is 0. The van der Waals surface area contributed by atoms with Gasteiger partial charge in [-0.25, -0.2) is 9.82 Å². The second-order valence-electron chi connectivity index (χ2n) is 4.17. The van der Waals surface area contributed by atoms with Gasteiger partial charge in [0.25, 0.3) is 0 Å². The zero-order valence-corrected chi connectivity index (χ0v) is 10.0. The summed E-state index contributed by atoms with van der Waals surface area (Å²) >= 11 is 0. The molecule has 0 aliphatic rings. The molecular formula is C13H15FN4. The quantitative estimate of drug-likeness (QED) is 0.437. The first-order chi connectivity index (χ1) is 8.61. The van der Waals surface area contributed by atoms with E-state index in [4.69, 9.17) is 11.6 Å². The average molecular weight is 246 g/mol. The number of nitrogens with zero attached hydrogens (tertiary/aromatic N) is 1. The molecule has 0 amide bonds. The van der Waals surface area contributed by atoms with E-state index in [2.05, 4.69) is 10.4 Å². The molecule has 1 aromatic heterocycles. The molecule has 94 valence electrons. The van der Waals surface area contributed by atoms with Crippen LogP contribution in [0.5, 0.6) is 0 Å². The van der Waals surface area contributed by atoms with Crippen LogP contribution in [0.2, 0.25) is 0 Å². The first kappa shape index (κ1) is 12.5. The summed E-state index contributed by atoms with van der Waals surface area (Å²) in [6, 6.07) is 5.77. The first-order valence-electron chi connectivity index (χ1n) is 5.54. The normalized spacial score (nSPS) is 12.4. The number of rotatable bonds is 3. The highest BCUT2D eigenvalue weighted by Crippen LogP contribution is 2.26. The predicted octanol–water partition coefficient (Wildman–Crippen LogP) is 1.66. The summed E-state index contributed by atoms with van der Waals surface area (Å²) in [5.74, 6) is 5.20. The van der Waals surface area contributed by atoms with Crippen LogP contribution in [0.3, 0.4) is 0 Å². The molecule has 0 saturated carbocycles. The van der Waals surface area contributed by atoms with E-state index in [0.29, 0.717) is 11.3 Å². The van der Waals surface area contributed by atoms with Crippen LogP contribution < -0.4 is 17.0 Å². The van der Waals surface area contributed by atoms with Crippen LogP contribution in [-0.2, 0) is 0 Å². The van der Waals surface area contributed by atoms with Crippen LogP contribution in [0.15, 0.2) is 36.7 Å². The van der Waals surface area contributed by atoms with Gasteiger partial charge >= 0.3 is 0 Å². The Labute approximate surface area is 105 Å². The summed E-state index contributed by atoms with van der Waals surface area (Å²) in [6.45, 7) is 1.93. The number of hydrazine groups is 1. The number of nitrogen functional groups attached to an aromatic ring is 1. The molecule has 0 radical (unpaired) electrons. The van der Waals surface area contributed by atoms with Gasteiger partial charge in [-0.1, -0.05) is 6.07 Å². The standard InChI is InChI=1S/C13H15FN4/c1-8-4-9(7-17-6-8)13(18-16)11-5-10(14)2-3-12(11)15/h2-7,13,18H,15-16H2,1H3. The lowest BCUT2D eigenvalue weighted by atomic mass is 9.98. The third-order valence-electron chi connectivity index (χ3n) is 2.76. The molecule has 0 aliphatic heterocycles. The molecule has 1 aromatic carbocycles. The smallest absolute Gasteiger partial charge is 0.123 e. The van der Waals surface area contributed by atoms with Crippen molar-refractivity contribution in [2.24, 2.45) is 5.84 Å². The van der Waals surface area contributed by atoms with Gasteiger partial charge in [0.2, 0.25) is 0 Å². The highest BCUT2D eigenvalue weighted by atomic mass is 19.1. The summed E-state index contributed by atoms with van der Waals surface area (Å²) in [5.41, 5.74) is 11.4. The molecule has 2 aromatic rings. The van der Waals surface area contributed by atoms with Crippen molar-refractivity contribution in [1.29, 1.82) is 0 Å². The van der Waals surface area contributed by atoms with Crippen LogP contribution in [-0.4, -0.2) is 4.98 Å². The monoisotopic (exact) mass is 246 g/mol. The first-order valence-corrected chi connectivity index (χ1v) is 5.54. The van der Waals surface area contributed by atoms with Gasteiger partial charge in [0.15, 0.2) is 0 Å². The average Bonchev–Trinajstić information content (AvgIpc) is 2.35. The molecule has 1 unspecified atom stereocenters. The van der Waals surface area contributed by atoms with Gasteiger partial charge in [-0.05, 0) is 36.2 Å². The van der Waals surface area contributed by atoms with Gasteiger partial charge in [-0.15, -0.1) is 0 Å². The number of benzene rings is 1. The van der Waals surface area contributed by atoms with E-state index < -0.39 is 0 Å². The minimum Gasteiger partial charge on any atom is -0.398 e. The number of hydrogen-bond donors (Lipinski definition) is 3. The maximum absolute atomic E-state index is 13.3. The molecule has 1 atom stereocenters. The lowest BCUT2D eigenvalue weighted by Gasteiger charge is -2.18. The lowest BCUT2D eigenvalue weighted by Crippen LogP contribution is -2.29. The third-order valence-corrected chi connectivity index (χ3v) is 2.76. The predicted molar refractivity (Wildman–Crippen MR) is 69.0 cm³/mol. The number of nitrogens with one attached hydrogen (secondary N) is 1. The lowest BCUT2D eigenvalue weighted by molar-refractivity contribution is 0.605. The fraction of sp³-hybridized carbons (Fsp3) is 0.154. The topological polar surface area (TPSA) is 77.0 Å². The summed E-state index contributed by atoms with van der Waals surface area (Å²) in [7, 11) is 0. The molecule has 0 bridgehead atoms. The minimum absolute atomic E-state index is 0.347. The number of pyridine rings is 1. The molecule has 0 aliphatic carbocycles. The van der Waals surface area contributed by atoms with Gasteiger partial charge < -0.3 is 5.73 Å². The molecule has 0 fully saturated rings. The highest BCUT2D eigenvalue weighted by Gasteiger charge is 2.16. The Morgan fingerprint density at radius 2 is 2.06 bits per heavy atom. The molecule has 2 rings (SSSR count). The fourth-order valence-corrected chi connectivity index (χ4v) is 1.90. The number of aryl methyl sites for hydroxylation is 1. The Kier molecular flexibility index (Phi) is 3.55. The van der Waals surface area contributed by atoms with Crippen molar-refractivity contribution in [2.45, 2.75) is 13.0 Å². The van der Waals surface area contributed by atoms with E-state index in [1.165, 1.54) is 18.2 Å². The minimum atomic E-state index is -0.381. The van der Waals surface area contributed by atoms with Gasteiger partial charge in [0, 0.05) is 23.6 Å². The van der Waals surface area contributed by atoms with Crippen molar-refractivity contribution < 1.29 is 4.39 Å². The second-order valence-corrected chi connectivity index (χ2v) is 4.17. The number of hydrogen-bond acceptors (Lipinski definition) is 4. The van der Waals surface area contributed by atoms with Crippen LogP contribution in [0.4, 0.5) is 10.1 Å². The molecule has 0 spiro atoms. The van der Waals surface area contributed by atoms with Crippen molar-refractivity contribution >= 4 is 5.69 Å². The maximum atomic E-state index is 13.3. The SMILES string of the molecule is Cc1cncc(C(NN)c2cc(F)ccc2N)c1. The van der Waals surface area contributed by atoms with Crippen LogP contribution >= 0.6 is 0 Å². The number of anilines is 1. The summed E-state index contributed by atoms with van der Waals surface area (Å²) in [4.78, 5) is 4.10. The molecule has 0 saturated heterocycles. The van der Waals surface area contributed by atoms with Crippen molar-refractivity contribution in [2.75, 3.05) is 5.73 Å². The zero-order valence-electron chi connectivity index (χ0n) is 10.0. The van der Waals surface area contributed by atoms with Crippen molar-refractivity contribution in [3.63, 3.8) is 0 Å². The second kappa shape index (κ2) is 5.12. The Hall–Kier alpha value is -1.98. The Morgan fingerprint density at radius 1 is 1.28 bits per heavy atom. The highest BCUT2D eigenvalue weighted by molar-refractivity contribution is 5.51. The largest absolute Gasteiger partial charge is 0.398 e. The molecule has 4 nitrogen and oxygen atoms in total. The van der Waals surface area contributed by atoms with E-state index in [0.717, 1.165) is 11.1 Å². The zero-order chi connectivity index (χ0) is 13.1. The molecule has 1 heterocycles. The molecule has 5 heteroatoms. The van der Waals surface area contributed by atoms with Crippen molar-refractivity contribution in [3.05, 3.63) is 59.2 Å². The molecular weight excluding hydrogens is 231 g/mol.